The van der Waals surface area contributed by atoms with Gasteiger partial charge in [0.1, 0.15) is 5.82 Å². The van der Waals surface area contributed by atoms with Crippen LogP contribution in [0.2, 0.25) is 0 Å². The maximum Gasteiger partial charge on any atom is 0.434 e. The smallest absolute Gasteiger partial charge is 0.334 e. The number of rotatable bonds is 3. The van der Waals surface area contributed by atoms with E-state index in [1.807, 2.05) is 0 Å². The van der Waals surface area contributed by atoms with Crippen LogP contribution in [0.1, 0.15) is 11.3 Å². The summed E-state index contributed by atoms with van der Waals surface area (Å²) in [5, 5.41) is 5.10. The van der Waals surface area contributed by atoms with Gasteiger partial charge in [0.15, 0.2) is 10.8 Å². The SMILES string of the molecule is O=C(NCc1cc(Br)ccc1F)Nc1nc(C(F)(F)F)cs1. The van der Waals surface area contributed by atoms with Crippen molar-refractivity contribution in [2.75, 3.05) is 5.32 Å². The Morgan fingerprint density at radius 1 is 1.36 bits per heavy atom. The molecule has 0 unspecified atom stereocenters. The fourth-order valence-electron chi connectivity index (χ4n) is 1.46. The zero-order valence-corrected chi connectivity index (χ0v) is 13.1. The molecule has 2 aromatic rings. The minimum absolute atomic E-state index is 0.116. The second kappa shape index (κ2) is 6.61. The molecule has 2 N–H and O–H groups in total. The number of benzene rings is 1. The van der Waals surface area contributed by atoms with E-state index in [1.54, 1.807) is 0 Å². The van der Waals surface area contributed by atoms with Gasteiger partial charge in [0.05, 0.1) is 0 Å². The Labute approximate surface area is 134 Å². The summed E-state index contributed by atoms with van der Waals surface area (Å²) in [6.07, 6.45) is -4.56. The molecule has 1 heterocycles. The van der Waals surface area contributed by atoms with Gasteiger partial charge in [0.25, 0.3) is 0 Å². The number of carbonyl (C=O) groups is 1. The van der Waals surface area contributed by atoms with Crippen molar-refractivity contribution in [3.63, 3.8) is 0 Å². The van der Waals surface area contributed by atoms with Crippen molar-refractivity contribution >= 4 is 38.4 Å². The Morgan fingerprint density at radius 3 is 2.73 bits per heavy atom. The van der Waals surface area contributed by atoms with Crippen molar-refractivity contribution in [2.45, 2.75) is 12.7 Å². The van der Waals surface area contributed by atoms with Gasteiger partial charge < -0.3 is 5.32 Å². The molecule has 0 aliphatic carbocycles. The van der Waals surface area contributed by atoms with Crippen LogP contribution in [0.4, 0.5) is 27.5 Å². The molecule has 118 valence electrons. The molecule has 0 saturated heterocycles. The largest absolute Gasteiger partial charge is 0.434 e. The van der Waals surface area contributed by atoms with E-state index >= 15 is 0 Å². The topological polar surface area (TPSA) is 54.0 Å². The van der Waals surface area contributed by atoms with Crippen LogP contribution >= 0.6 is 27.3 Å². The van der Waals surface area contributed by atoms with E-state index in [0.717, 1.165) is 5.38 Å². The fraction of sp³-hybridized carbons (Fsp3) is 0.167. The molecule has 0 fully saturated rings. The van der Waals surface area contributed by atoms with Crippen LogP contribution in [-0.4, -0.2) is 11.0 Å². The molecule has 0 spiro atoms. The number of alkyl halides is 3. The molecule has 2 amide bonds. The van der Waals surface area contributed by atoms with Gasteiger partial charge in [-0.25, -0.2) is 14.2 Å². The first-order valence-electron chi connectivity index (χ1n) is 5.77. The van der Waals surface area contributed by atoms with Crippen LogP contribution in [-0.2, 0) is 12.7 Å². The van der Waals surface area contributed by atoms with E-state index < -0.39 is 23.7 Å². The highest BCUT2D eigenvalue weighted by atomic mass is 79.9. The van der Waals surface area contributed by atoms with Gasteiger partial charge in [-0.15, -0.1) is 11.3 Å². The van der Waals surface area contributed by atoms with Crippen molar-refractivity contribution in [3.05, 3.63) is 45.1 Å². The number of nitrogens with one attached hydrogen (secondary N) is 2. The lowest BCUT2D eigenvalue weighted by atomic mass is 10.2. The predicted molar refractivity (Wildman–Crippen MR) is 77.1 cm³/mol. The number of urea groups is 1. The molecule has 4 nitrogen and oxygen atoms in total. The summed E-state index contributed by atoms with van der Waals surface area (Å²) in [4.78, 5) is 14.8. The zero-order valence-electron chi connectivity index (χ0n) is 10.7. The van der Waals surface area contributed by atoms with Crippen LogP contribution in [0.25, 0.3) is 0 Å². The molecule has 0 aliphatic heterocycles. The Balaban J connectivity index is 1.93. The Morgan fingerprint density at radius 2 is 2.09 bits per heavy atom. The third kappa shape index (κ3) is 4.41. The first-order valence-corrected chi connectivity index (χ1v) is 7.44. The zero-order chi connectivity index (χ0) is 16.3. The minimum Gasteiger partial charge on any atom is -0.334 e. The number of hydrogen-bond acceptors (Lipinski definition) is 3. The highest BCUT2D eigenvalue weighted by Gasteiger charge is 2.33. The molecular formula is C12H8BrF4N3OS. The lowest BCUT2D eigenvalue weighted by molar-refractivity contribution is -0.140. The number of anilines is 1. The molecule has 0 radical (unpaired) electrons. The normalized spacial score (nSPS) is 11.3. The second-order valence-electron chi connectivity index (χ2n) is 4.08. The summed E-state index contributed by atoms with van der Waals surface area (Å²) < 4.78 is 51.2. The number of nitrogens with zero attached hydrogens (tertiary/aromatic N) is 1. The van der Waals surface area contributed by atoms with Crippen LogP contribution in [0.15, 0.2) is 28.1 Å². The standard InChI is InChI=1S/C12H8BrF4N3OS/c13-7-1-2-8(14)6(3-7)4-18-10(21)20-11-19-9(5-22-11)12(15,16)17/h1-3,5H,4H2,(H2,18,19,20,21). The Hall–Kier alpha value is -1.68. The van der Waals surface area contributed by atoms with E-state index in [1.165, 1.54) is 18.2 Å². The number of carbonyl (C=O) groups excluding carboxylic acids is 1. The van der Waals surface area contributed by atoms with E-state index in [2.05, 4.69) is 31.5 Å². The summed E-state index contributed by atoms with van der Waals surface area (Å²) >= 11 is 3.82. The Bertz CT molecular complexity index is 689. The maximum absolute atomic E-state index is 13.5. The minimum atomic E-state index is -4.56. The lowest BCUT2D eigenvalue weighted by Gasteiger charge is -2.07. The molecule has 1 aromatic heterocycles. The number of halogens is 5. The van der Waals surface area contributed by atoms with Gasteiger partial charge in [0.2, 0.25) is 0 Å². The van der Waals surface area contributed by atoms with Crippen molar-refractivity contribution < 1.29 is 22.4 Å². The summed E-state index contributed by atoms with van der Waals surface area (Å²) in [5.41, 5.74) is -0.842. The number of aromatic nitrogens is 1. The van der Waals surface area contributed by atoms with Gasteiger partial charge in [-0.3, -0.25) is 5.32 Å². The molecule has 0 atom stereocenters. The third-order valence-electron chi connectivity index (χ3n) is 2.46. The lowest BCUT2D eigenvalue weighted by Crippen LogP contribution is -2.28. The fourth-order valence-corrected chi connectivity index (χ4v) is 2.58. The van der Waals surface area contributed by atoms with Crippen LogP contribution in [0, 0.1) is 5.82 Å². The second-order valence-corrected chi connectivity index (χ2v) is 5.85. The quantitative estimate of drug-likeness (QED) is 0.754. The molecule has 22 heavy (non-hydrogen) atoms. The summed E-state index contributed by atoms with van der Waals surface area (Å²) in [6.45, 7) is -0.116. The molecule has 2 rings (SSSR count). The number of amides is 2. The van der Waals surface area contributed by atoms with Crippen molar-refractivity contribution in [3.8, 4) is 0 Å². The average molecular weight is 398 g/mol. The highest BCUT2D eigenvalue weighted by Crippen LogP contribution is 2.31. The van der Waals surface area contributed by atoms with E-state index in [9.17, 15) is 22.4 Å². The molecule has 10 heteroatoms. The third-order valence-corrected chi connectivity index (χ3v) is 3.71. The van der Waals surface area contributed by atoms with Crippen molar-refractivity contribution in [1.82, 2.24) is 10.3 Å². The first-order chi connectivity index (χ1) is 10.3. The molecule has 0 aliphatic rings. The monoisotopic (exact) mass is 397 g/mol. The molecule has 0 bridgehead atoms. The van der Waals surface area contributed by atoms with Gasteiger partial charge in [-0.1, -0.05) is 15.9 Å². The summed E-state index contributed by atoms with van der Waals surface area (Å²) in [5.74, 6) is -0.503. The van der Waals surface area contributed by atoms with E-state index in [4.69, 9.17) is 0 Å². The number of thiazole rings is 1. The van der Waals surface area contributed by atoms with Crippen LogP contribution in [0.3, 0.4) is 0 Å². The highest BCUT2D eigenvalue weighted by molar-refractivity contribution is 9.10. The summed E-state index contributed by atoms with van der Waals surface area (Å²) in [6, 6.07) is 3.45. The molecular weight excluding hydrogens is 390 g/mol. The maximum atomic E-state index is 13.5. The average Bonchev–Trinajstić information content (AvgIpc) is 2.88. The van der Waals surface area contributed by atoms with Gasteiger partial charge in [-0.2, -0.15) is 13.2 Å². The first kappa shape index (κ1) is 16.7. The van der Waals surface area contributed by atoms with Crippen molar-refractivity contribution in [2.24, 2.45) is 0 Å². The number of hydrogen-bond donors (Lipinski definition) is 2. The van der Waals surface area contributed by atoms with Gasteiger partial charge in [0, 0.05) is 22.0 Å². The molecule has 1 aromatic carbocycles. The van der Waals surface area contributed by atoms with Crippen LogP contribution in [0.5, 0.6) is 0 Å². The molecule has 0 saturated carbocycles. The van der Waals surface area contributed by atoms with Crippen molar-refractivity contribution in [1.29, 1.82) is 0 Å². The van der Waals surface area contributed by atoms with Gasteiger partial charge >= 0.3 is 12.2 Å². The van der Waals surface area contributed by atoms with Gasteiger partial charge in [-0.05, 0) is 18.2 Å². The predicted octanol–water partition coefficient (Wildman–Crippen LogP) is 4.39. The summed E-state index contributed by atoms with van der Waals surface area (Å²) in [7, 11) is 0. The Kier molecular flexibility index (Phi) is 5.01. The van der Waals surface area contributed by atoms with Crippen LogP contribution < -0.4 is 10.6 Å². The van der Waals surface area contributed by atoms with E-state index in [0.29, 0.717) is 15.8 Å². The van der Waals surface area contributed by atoms with E-state index in [-0.39, 0.29) is 17.2 Å².